The topological polar surface area (TPSA) is 93.1 Å². The number of hydrogen-bond donors (Lipinski definition) is 1. The van der Waals surface area contributed by atoms with Crippen LogP contribution < -0.4 is 10.1 Å². The monoisotopic (exact) mass is 608 g/mol. The van der Waals surface area contributed by atoms with Gasteiger partial charge in [0, 0.05) is 24.6 Å². The molecular weight excluding hydrogens is 581 g/mol. The molecule has 3 aromatic rings. The Morgan fingerprint density at radius 2 is 1.74 bits per heavy atom. The fourth-order valence-electron chi connectivity index (χ4n) is 4.57. The highest BCUT2D eigenvalue weighted by atomic mass is 32.2. The molecule has 1 amide bonds. The summed E-state index contributed by atoms with van der Waals surface area (Å²) >= 11 is 0.952. The number of halogens is 3. The van der Waals surface area contributed by atoms with Gasteiger partial charge in [0.05, 0.1) is 24.1 Å². The number of carbonyl (C=O) groups is 2. The Bertz CT molecular complexity index is 1590. The maximum Gasteiger partial charge on any atom is 0.434 e. The van der Waals surface area contributed by atoms with Gasteiger partial charge in [-0.2, -0.15) is 13.2 Å². The maximum atomic E-state index is 14.5. The van der Waals surface area contributed by atoms with Crippen molar-refractivity contribution in [2.24, 2.45) is 4.99 Å². The van der Waals surface area contributed by atoms with Gasteiger partial charge < -0.3 is 19.7 Å². The van der Waals surface area contributed by atoms with E-state index in [2.05, 4.69) is 15.3 Å². The Hall–Kier alpha value is -4.58. The zero-order valence-electron chi connectivity index (χ0n) is 23.2. The van der Waals surface area contributed by atoms with Crippen LogP contribution in [0.2, 0.25) is 0 Å². The van der Waals surface area contributed by atoms with Crippen LogP contribution in [-0.2, 0) is 20.9 Å². The number of esters is 1. The molecule has 3 heterocycles. The van der Waals surface area contributed by atoms with Gasteiger partial charge >= 0.3 is 12.1 Å². The minimum Gasteiger partial charge on any atom is -0.459 e. The van der Waals surface area contributed by atoms with Gasteiger partial charge in [-0.1, -0.05) is 42.1 Å². The molecule has 2 aromatic carbocycles. The molecule has 12 heteroatoms. The van der Waals surface area contributed by atoms with Crippen molar-refractivity contribution in [3.8, 4) is 11.5 Å². The number of fused-ring (bicyclic) bond motifs is 1. The van der Waals surface area contributed by atoms with Crippen LogP contribution in [-0.4, -0.2) is 39.2 Å². The standard InChI is InChI=1S/C31H27F3N4O4S/c1-19(2)41-29(40)26-27(21-7-6-10-24(15-21)42-23-8-4-3-5-9-23)38-22(18-43-30(38)37-28(26)31(32,33)34)16-25(39)36-17-20-11-13-35-14-12-20/h3-15,18-19,27H,16-17H2,1-2H3,(H,36,39). The number of amides is 1. The molecule has 8 nitrogen and oxygen atoms in total. The van der Waals surface area contributed by atoms with Gasteiger partial charge in [-0.05, 0) is 66.8 Å². The second kappa shape index (κ2) is 12.7. The summed E-state index contributed by atoms with van der Waals surface area (Å²) in [5, 5.41) is 4.39. The number of hydrogen-bond acceptors (Lipinski definition) is 8. The minimum absolute atomic E-state index is 0.00950. The van der Waals surface area contributed by atoms with Crippen molar-refractivity contribution in [3.05, 3.63) is 113 Å². The fraction of sp³-hybridized carbons (Fsp3) is 0.226. The molecule has 222 valence electrons. The number of aliphatic imine (C=N–C) groups is 1. The van der Waals surface area contributed by atoms with Crippen LogP contribution in [0.25, 0.3) is 0 Å². The minimum atomic E-state index is -4.95. The van der Waals surface area contributed by atoms with E-state index in [1.165, 1.54) is 4.90 Å². The fourth-order valence-corrected chi connectivity index (χ4v) is 5.49. The van der Waals surface area contributed by atoms with Crippen molar-refractivity contribution in [2.45, 2.75) is 45.1 Å². The summed E-state index contributed by atoms with van der Waals surface area (Å²) < 4.78 is 54.6. The molecule has 43 heavy (non-hydrogen) atoms. The van der Waals surface area contributed by atoms with Gasteiger partial charge in [0.15, 0.2) is 10.9 Å². The van der Waals surface area contributed by atoms with Crippen LogP contribution in [0.1, 0.15) is 37.4 Å². The first kappa shape index (κ1) is 29.9. The largest absolute Gasteiger partial charge is 0.459 e. The molecule has 1 atom stereocenters. The SMILES string of the molecule is CC(C)OC(=O)C1=C(C(F)(F)F)N=C2SC=C(CC(=O)NCc3ccncc3)N2C1c1cccc(Oc2ccccc2)c1. The third kappa shape index (κ3) is 7.08. The van der Waals surface area contributed by atoms with E-state index < -0.39 is 35.6 Å². The number of rotatable bonds is 9. The number of benzene rings is 2. The zero-order chi connectivity index (χ0) is 30.6. The van der Waals surface area contributed by atoms with Gasteiger partial charge in [0.1, 0.15) is 11.5 Å². The molecule has 0 aliphatic carbocycles. The highest BCUT2D eigenvalue weighted by molar-refractivity contribution is 8.16. The molecule has 0 bridgehead atoms. The molecule has 0 saturated carbocycles. The third-order valence-electron chi connectivity index (χ3n) is 6.37. The summed E-state index contributed by atoms with van der Waals surface area (Å²) in [5.41, 5.74) is -0.473. The average molecular weight is 609 g/mol. The van der Waals surface area contributed by atoms with Crippen molar-refractivity contribution in [2.75, 3.05) is 0 Å². The quantitative estimate of drug-likeness (QED) is 0.272. The summed E-state index contributed by atoms with van der Waals surface area (Å²) in [5.74, 6) is -0.630. The van der Waals surface area contributed by atoms with E-state index in [9.17, 15) is 22.8 Å². The molecule has 1 N–H and O–H groups in total. The molecule has 0 spiro atoms. The van der Waals surface area contributed by atoms with E-state index in [0.29, 0.717) is 22.8 Å². The molecular formula is C31H27F3N4O4S. The van der Waals surface area contributed by atoms with Gasteiger partial charge in [-0.25, -0.2) is 9.79 Å². The first-order valence-electron chi connectivity index (χ1n) is 13.3. The number of nitrogens with one attached hydrogen (secondary N) is 1. The average Bonchev–Trinajstić information content (AvgIpc) is 3.37. The van der Waals surface area contributed by atoms with E-state index in [4.69, 9.17) is 9.47 Å². The number of carbonyl (C=O) groups excluding carboxylic acids is 2. The van der Waals surface area contributed by atoms with Crippen LogP contribution in [0.5, 0.6) is 11.5 Å². The number of nitrogens with zero attached hydrogens (tertiary/aromatic N) is 3. The second-order valence-electron chi connectivity index (χ2n) is 9.90. The molecule has 2 aliphatic rings. The number of thioether (sulfide) groups is 1. The van der Waals surface area contributed by atoms with E-state index >= 15 is 0 Å². The number of ether oxygens (including phenoxy) is 2. The summed E-state index contributed by atoms with van der Waals surface area (Å²) in [7, 11) is 0. The Morgan fingerprint density at radius 1 is 1.02 bits per heavy atom. The third-order valence-corrected chi connectivity index (χ3v) is 7.26. The Kier molecular flexibility index (Phi) is 8.86. The van der Waals surface area contributed by atoms with Gasteiger partial charge in [-0.3, -0.25) is 9.78 Å². The van der Waals surface area contributed by atoms with E-state index in [0.717, 1.165) is 17.3 Å². The number of alkyl halides is 3. The number of allylic oxidation sites excluding steroid dienone is 1. The highest BCUT2D eigenvalue weighted by Crippen LogP contribution is 2.48. The molecule has 0 fully saturated rings. The lowest BCUT2D eigenvalue weighted by molar-refractivity contribution is -0.145. The molecule has 2 aliphatic heterocycles. The van der Waals surface area contributed by atoms with Crippen molar-refractivity contribution in [1.29, 1.82) is 0 Å². The smallest absolute Gasteiger partial charge is 0.434 e. The van der Waals surface area contributed by atoms with E-state index in [1.807, 2.05) is 6.07 Å². The number of para-hydroxylation sites is 1. The summed E-state index contributed by atoms with van der Waals surface area (Å²) in [6.07, 6.45) is -2.59. The van der Waals surface area contributed by atoms with Crippen molar-refractivity contribution in [3.63, 3.8) is 0 Å². The van der Waals surface area contributed by atoms with Crippen molar-refractivity contribution < 1.29 is 32.2 Å². The number of pyridine rings is 1. The van der Waals surface area contributed by atoms with Crippen molar-refractivity contribution >= 4 is 28.8 Å². The number of amidine groups is 1. The van der Waals surface area contributed by atoms with E-state index in [1.54, 1.807) is 92.3 Å². The molecule has 0 radical (unpaired) electrons. The second-order valence-corrected chi connectivity index (χ2v) is 10.7. The summed E-state index contributed by atoms with van der Waals surface area (Å²) in [6.45, 7) is 3.35. The lowest BCUT2D eigenvalue weighted by Crippen LogP contribution is -2.40. The van der Waals surface area contributed by atoms with E-state index in [-0.39, 0.29) is 24.0 Å². The lowest BCUT2D eigenvalue weighted by atomic mass is 9.93. The zero-order valence-corrected chi connectivity index (χ0v) is 24.0. The van der Waals surface area contributed by atoms with Gasteiger partial charge in [0.2, 0.25) is 5.91 Å². The van der Waals surface area contributed by atoms with Crippen LogP contribution in [0.15, 0.2) is 106 Å². The highest BCUT2D eigenvalue weighted by Gasteiger charge is 2.49. The van der Waals surface area contributed by atoms with Gasteiger partial charge in [-0.15, -0.1) is 0 Å². The summed E-state index contributed by atoms with van der Waals surface area (Å²) in [4.78, 5) is 35.7. The van der Waals surface area contributed by atoms with Gasteiger partial charge in [0.25, 0.3) is 0 Å². The van der Waals surface area contributed by atoms with Crippen LogP contribution in [0, 0.1) is 0 Å². The Labute approximate surface area is 250 Å². The Balaban J connectivity index is 1.53. The predicted molar refractivity (Wildman–Crippen MR) is 156 cm³/mol. The number of aromatic nitrogens is 1. The predicted octanol–water partition coefficient (Wildman–Crippen LogP) is 6.65. The first-order chi connectivity index (χ1) is 20.6. The summed E-state index contributed by atoms with van der Waals surface area (Å²) in [6, 6.07) is 17.6. The van der Waals surface area contributed by atoms with Crippen LogP contribution in [0.4, 0.5) is 13.2 Å². The Morgan fingerprint density at radius 3 is 2.44 bits per heavy atom. The first-order valence-corrected chi connectivity index (χ1v) is 14.2. The molecule has 0 saturated heterocycles. The molecule has 1 aromatic heterocycles. The maximum absolute atomic E-state index is 14.5. The molecule has 5 rings (SSSR count). The van der Waals surface area contributed by atoms with Crippen molar-refractivity contribution in [1.82, 2.24) is 15.2 Å². The lowest BCUT2D eigenvalue weighted by Gasteiger charge is -2.37. The van der Waals surface area contributed by atoms with Crippen LogP contribution >= 0.6 is 11.8 Å². The normalized spacial score (nSPS) is 16.4. The molecule has 1 unspecified atom stereocenters. The van der Waals surface area contributed by atoms with Crippen LogP contribution in [0.3, 0.4) is 0 Å².